The van der Waals surface area contributed by atoms with Gasteiger partial charge < -0.3 is 0 Å². The molecule has 0 aromatic heterocycles. The lowest BCUT2D eigenvalue weighted by Crippen LogP contribution is -2.53. The first kappa shape index (κ1) is 29.2. The van der Waals surface area contributed by atoms with E-state index in [1.807, 2.05) is 0 Å². The van der Waals surface area contributed by atoms with Gasteiger partial charge in [0.05, 0.1) is 0 Å². The minimum absolute atomic E-state index is 0.552. The second-order valence-corrected chi connectivity index (χ2v) is 17.6. The Kier molecular flexibility index (Phi) is 7.43. The van der Waals surface area contributed by atoms with Crippen LogP contribution < -0.4 is 0 Å². The lowest BCUT2D eigenvalue weighted by atomic mass is 9.45. The van der Waals surface area contributed by atoms with Gasteiger partial charge >= 0.3 is 0 Å². The van der Waals surface area contributed by atoms with Crippen LogP contribution >= 0.6 is 11.8 Å². The van der Waals surface area contributed by atoms with Crippen molar-refractivity contribution in [3.8, 4) is 0 Å². The maximum Gasteiger partial charge on any atom is 0.0189 e. The second-order valence-electron chi connectivity index (χ2n) is 16.3. The molecule has 0 spiro atoms. The second kappa shape index (κ2) is 12.0. The molecule has 6 aliphatic carbocycles. The highest BCUT2D eigenvalue weighted by molar-refractivity contribution is 8.00. The first-order chi connectivity index (χ1) is 23.3. The van der Waals surface area contributed by atoms with Gasteiger partial charge in [-0.25, -0.2) is 0 Å². The highest BCUT2D eigenvalue weighted by Gasteiger charge is 2.56. The predicted molar refractivity (Wildman–Crippen MR) is 200 cm³/mol. The minimum Gasteiger partial charge on any atom is -0.121 e. The summed E-state index contributed by atoms with van der Waals surface area (Å²) in [4.78, 5) is 1.63. The summed E-state index contributed by atoms with van der Waals surface area (Å²) in [6.07, 6.45) is 32.9. The van der Waals surface area contributed by atoms with E-state index in [9.17, 15) is 0 Å². The zero-order valence-corrected chi connectivity index (χ0v) is 28.7. The summed E-state index contributed by atoms with van der Waals surface area (Å²) in [5.74, 6) is 8.29. The molecule has 1 aliphatic heterocycles. The van der Waals surface area contributed by atoms with Crippen LogP contribution in [0.15, 0.2) is 108 Å². The first-order valence-electron chi connectivity index (χ1n) is 19.3. The van der Waals surface area contributed by atoms with Crippen LogP contribution in [0.2, 0.25) is 0 Å². The Labute approximate surface area is 286 Å². The molecule has 1 heteroatoms. The fourth-order valence-electron chi connectivity index (χ4n) is 12.8. The third-order valence-electron chi connectivity index (χ3n) is 14.5. The predicted octanol–water partition coefficient (Wildman–Crippen LogP) is 12.5. The van der Waals surface area contributed by atoms with Crippen LogP contribution in [-0.2, 0) is 0 Å². The zero-order chi connectivity index (χ0) is 30.9. The number of rotatable bonds is 3. The van der Waals surface area contributed by atoms with E-state index in [0.29, 0.717) is 11.8 Å². The van der Waals surface area contributed by atoms with E-state index in [1.54, 1.807) is 21.6 Å². The van der Waals surface area contributed by atoms with E-state index in [2.05, 4.69) is 115 Å². The van der Waals surface area contributed by atoms with Crippen molar-refractivity contribution in [1.29, 1.82) is 0 Å². The summed E-state index contributed by atoms with van der Waals surface area (Å²) in [5.41, 5.74) is 6.48. The van der Waals surface area contributed by atoms with Crippen molar-refractivity contribution in [2.24, 2.45) is 47.3 Å². The molecule has 11 unspecified atom stereocenters. The maximum atomic E-state index is 2.62. The molecule has 47 heavy (non-hydrogen) atoms. The van der Waals surface area contributed by atoms with Crippen LogP contribution in [0, 0.1) is 47.3 Å². The highest BCUT2D eigenvalue weighted by atomic mass is 32.2. The monoisotopic (exact) mass is 634 g/mol. The van der Waals surface area contributed by atoms with Gasteiger partial charge in [0, 0.05) is 16.1 Å². The number of benzene rings is 3. The molecule has 3 aromatic rings. The Hall–Kier alpha value is -2.77. The number of allylic oxidation sites excluding steroid dienone is 7. The molecule has 1 heterocycles. The SMILES string of the molecule is C1=CCC(C2C3CC=CCC3C(C3CCC4c5ccc6ccccc6c5SC4C3)C3CCCCC32)C(C2CC=Cc3ccccc32)=C1. The smallest absolute Gasteiger partial charge is 0.0189 e. The van der Waals surface area contributed by atoms with Crippen LogP contribution in [-0.4, -0.2) is 5.25 Å². The van der Waals surface area contributed by atoms with Crippen molar-refractivity contribution in [1.82, 2.24) is 0 Å². The van der Waals surface area contributed by atoms with Gasteiger partial charge in [0.2, 0.25) is 0 Å². The van der Waals surface area contributed by atoms with Crippen LogP contribution in [0.1, 0.15) is 99.2 Å². The Balaban J connectivity index is 0.976. The molecule has 3 saturated carbocycles. The average Bonchev–Trinajstić information content (AvgIpc) is 3.52. The van der Waals surface area contributed by atoms with Crippen molar-refractivity contribution in [2.45, 2.75) is 92.6 Å². The molecule has 11 atom stereocenters. The Morgan fingerprint density at radius 3 is 2.32 bits per heavy atom. The lowest BCUT2D eigenvalue weighted by Gasteiger charge is -2.60. The normalized spacial score (nSPS) is 38.6. The average molecular weight is 635 g/mol. The number of fused-ring (bicyclic) bond motifs is 8. The summed E-state index contributed by atoms with van der Waals surface area (Å²) < 4.78 is 0. The standard InChI is InChI=1S/C46H50S/c1-3-15-32-29(12-1)14-11-23-34(32)35-17-5-6-18-37(35)45-40-21-9-7-19-38(40)44(39-20-8-10-22-41(39)45)31-25-26-36-42-27-24-30-13-2-4-16-33(30)46(42)47-43(36)28-31/h1-7,9,11-17,24,27,31,34,36-41,43-45H,8,10,18-23,25-26,28H2. The number of hydrogen-bond donors (Lipinski definition) is 0. The quantitative estimate of drug-likeness (QED) is 0.258. The van der Waals surface area contributed by atoms with E-state index in [0.717, 1.165) is 52.6 Å². The van der Waals surface area contributed by atoms with Crippen molar-refractivity contribution in [2.75, 3.05) is 0 Å². The van der Waals surface area contributed by atoms with Gasteiger partial charge in [0.1, 0.15) is 0 Å². The highest BCUT2D eigenvalue weighted by Crippen LogP contribution is 2.64. The van der Waals surface area contributed by atoms with Gasteiger partial charge in [0.15, 0.2) is 0 Å². The molecule has 240 valence electrons. The van der Waals surface area contributed by atoms with Crippen LogP contribution in [0.5, 0.6) is 0 Å². The van der Waals surface area contributed by atoms with Crippen molar-refractivity contribution < 1.29 is 0 Å². The molecule has 0 nitrogen and oxygen atoms in total. The lowest BCUT2D eigenvalue weighted by molar-refractivity contribution is -0.0892. The summed E-state index contributed by atoms with van der Waals surface area (Å²) in [7, 11) is 0. The van der Waals surface area contributed by atoms with Gasteiger partial charge in [-0.3, -0.25) is 0 Å². The Morgan fingerprint density at radius 2 is 1.40 bits per heavy atom. The summed E-state index contributed by atoms with van der Waals surface area (Å²) in [5, 5.41) is 3.71. The molecule has 3 fully saturated rings. The fraction of sp³-hybridized carbons (Fsp3) is 0.478. The van der Waals surface area contributed by atoms with Crippen LogP contribution in [0.25, 0.3) is 16.8 Å². The molecule has 7 aliphatic rings. The molecule has 0 saturated heterocycles. The maximum absolute atomic E-state index is 2.62. The number of thioether (sulfide) groups is 1. The zero-order valence-electron chi connectivity index (χ0n) is 27.9. The Bertz CT molecular complexity index is 1790. The van der Waals surface area contributed by atoms with E-state index in [1.165, 1.54) is 87.0 Å². The molecule has 0 radical (unpaired) electrons. The van der Waals surface area contributed by atoms with E-state index in [-0.39, 0.29) is 0 Å². The van der Waals surface area contributed by atoms with Gasteiger partial charge in [-0.2, -0.15) is 0 Å². The minimum atomic E-state index is 0.552. The molecular weight excluding hydrogens is 585 g/mol. The fourth-order valence-corrected chi connectivity index (χ4v) is 14.6. The van der Waals surface area contributed by atoms with Crippen molar-refractivity contribution in [3.63, 3.8) is 0 Å². The van der Waals surface area contributed by atoms with E-state index in [4.69, 9.17) is 0 Å². The van der Waals surface area contributed by atoms with Gasteiger partial charge in [-0.1, -0.05) is 122 Å². The molecule has 0 bridgehead atoms. The summed E-state index contributed by atoms with van der Waals surface area (Å²) in [6, 6.07) is 23.3. The molecule has 0 N–H and O–H groups in total. The number of hydrogen-bond acceptors (Lipinski definition) is 1. The summed E-state index contributed by atoms with van der Waals surface area (Å²) >= 11 is 2.28. The topological polar surface area (TPSA) is 0 Å². The van der Waals surface area contributed by atoms with E-state index < -0.39 is 0 Å². The largest absolute Gasteiger partial charge is 0.121 e. The molecular formula is C46H50S. The third-order valence-corrected chi connectivity index (χ3v) is 16.0. The van der Waals surface area contributed by atoms with E-state index >= 15 is 0 Å². The first-order valence-corrected chi connectivity index (χ1v) is 20.2. The molecule has 10 rings (SSSR count). The summed E-state index contributed by atoms with van der Waals surface area (Å²) in [6.45, 7) is 0. The van der Waals surface area contributed by atoms with Crippen LogP contribution in [0.4, 0.5) is 0 Å². The van der Waals surface area contributed by atoms with Crippen LogP contribution in [0.3, 0.4) is 0 Å². The van der Waals surface area contributed by atoms with Gasteiger partial charge in [0.25, 0.3) is 0 Å². The van der Waals surface area contributed by atoms with Crippen molar-refractivity contribution in [3.05, 3.63) is 119 Å². The Morgan fingerprint density at radius 1 is 0.596 bits per heavy atom. The van der Waals surface area contributed by atoms with Gasteiger partial charge in [-0.15, -0.1) is 11.8 Å². The van der Waals surface area contributed by atoms with Gasteiger partial charge in [-0.05, 0) is 139 Å². The van der Waals surface area contributed by atoms with Crippen molar-refractivity contribution >= 4 is 28.6 Å². The molecule has 0 amide bonds. The third kappa shape index (κ3) is 4.76. The molecule has 3 aromatic carbocycles.